The molecule has 1 unspecified atom stereocenters. The normalized spacial score (nSPS) is 12.5. The molecule has 10 heteroatoms. The molecule has 0 radical (unpaired) electrons. The van der Waals surface area contributed by atoms with Gasteiger partial charge in [0.05, 0.1) is 29.2 Å². The van der Waals surface area contributed by atoms with E-state index in [-0.39, 0.29) is 11.9 Å². The van der Waals surface area contributed by atoms with Gasteiger partial charge in [0, 0.05) is 11.2 Å². The van der Waals surface area contributed by atoms with Gasteiger partial charge in [-0.15, -0.1) is 0 Å². The number of halogens is 1. The first-order valence-electron chi connectivity index (χ1n) is 9.25. The van der Waals surface area contributed by atoms with Gasteiger partial charge in [0.2, 0.25) is 0 Å². The smallest absolute Gasteiger partial charge is 0.312 e. The molecule has 1 aromatic carbocycles. The summed E-state index contributed by atoms with van der Waals surface area (Å²) in [6.07, 6.45) is 4.26. The number of hydrogen-bond donors (Lipinski definition) is 2. The molecule has 0 saturated carbocycles. The maximum absolute atomic E-state index is 12.9. The van der Waals surface area contributed by atoms with E-state index in [1.807, 2.05) is 19.1 Å². The second-order valence-corrected chi connectivity index (χ2v) is 8.56. The summed E-state index contributed by atoms with van der Waals surface area (Å²) >= 11 is 5.93. The lowest BCUT2D eigenvalue weighted by Crippen LogP contribution is -2.29. The van der Waals surface area contributed by atoms with Gasteiger partial charge in [-0.3, -0.25) is 9.35 Å². The standard InChI is InChI=1S/C20H21ClN4O4S/c1-3-4-18(14-5-10-19(22-11-14)30(27,28)29)24-20(26)17-12-23-25(13(17)2)16-8-6-15(21)7-9-16/h5-12,18H,3-4H2,1-2H3,(H,24,26)(H,27,28,29). The first-order valence-corrected chi connectivity index (χ1v) is 11.1. The number of aromatic nitrogens is 3. The lowest BCUT2D eigenvalue weighted by molar-refractivity contribution is 0.0933. The summed E-state index contributed by atoms with van der Waals surface area (Å²) in [4.78, 5) is 16.7. The van der Waals surface area contributed by atoms with Crippen LogP contribution in [0.1, 0.15) is 47.4 Å². The molecule has 0 saturated heterocycles. The number of nitrogens with zero attached hydrogens (tertiary/aromatic N) is 3. The van der Waals surface area contributed by atoms with Gasteiger partial charge in [0.1, 0.15) is 0 Å². The minimum Gasteiger partial charge on any atom is -0.345 e. The lowest BCUT2D eigenvalue weighted by atomic mass is 10.0. The zero-order valence-corrected chi connectivity index (χ0v) is 18.0. The Kier molecular flexibility index (Phi) is 6.55. The second-order valence-electron chi connectivity index (χ2n) is 6.75. The molecule has 158 valence electrons. The molecule has 1 atom stereocenters. The Morgan fingerprint density at radius 3 is 2.47 bits per heavy atom. The van der Waals surface area contributed by atoms with E-state index in [9.17, 15) is 13.2 Å². The highest BCUT2D eigenvalue weighted by Crippen LogP contribution is 2.21. The third-order valence-electron chi connectivity index (χ3n) is 4.63. The van der Waals surface area contributed by atoms with Crippen molar-refractivity contribution in [3.8, 4) is 5.69 Å². The van der Waals surface area contributed by atoms with E-state index in [2.05, 4.69) is 15.4 Å². The number of carbonyl (C=O) groups is 1. The number of carbonyl (C=O) groups excluding carboxylic acids is 1. The second kappa shape index (κ2) is 8.95. The molecule has 0 bridgehead atoms. The molecule has 0 aliphatic heterocycles. The molecule has 3 aromatic rings. The van der Waals surface area contributed by atoms with E-state index < -0.39 is 15.1 Å². The van der Waals surface area contributed by atoms with Crippen molar-refractivity contribution < 1.29 is 17.8 Å². The summed E-state index contributed by atoms with van der Waals surface area (Å²) in [5, 5.41) is 7.44. The van der Waals surface area contributed by atoms with Gasteiger partial charge in [-0.1, -0.05) is 31.0 Å². The van der Waals surface area contributed by atoms with E-state index in [4.69, 9.17) is 16.2 Å². The maximum Gasteiger partial charge on any atom is 0.312 e. The van der Waals surface area contributed by atoms with Crippen LogP contribution in [-0.4, -0.2) is 33.6 Å². The van der Waals surface area contributed by atoms with Crippen molar-refractivity contribution in [1.82, 2.24) is 20.1 Å². The maximum atomic E-state index is 12.9. The highest BCUT2D eigenvalue weighted by Gasteiger charge is 2.21. The summed E-state index contributed by atoms with van der Waals surface area (Å²) in [6, 6.07) is 9.49. The van der Waals surface area contributed by atoms with Crippen molar-refractivity contribution in [2.75, 3.05) is 0 Å². The number of benzene rings is 1. The Morgan fingerprint density at radius 1 is 1.20 bits per heavy atom. The molecule has 0 fully saturated rings. The van der Waals surface area contributed by atoms with Crippen molar-refractivity contribution in [2.24, 2.45) is 0 Å². The minimum absolute atomic E-state index is 0.301. The van der Waals surface area contributed by atoms with Crippen LogP contribution in [0.15, 0.2) is 53.8 Å². The Morgan fingerprint density at radius 2 is 1.90 bits per heavy atom. The van der Waals surface area contributed by atoms with Crippen LogP contribution < -0.4 is 5.32 Å². The van der Waals surface area contributed by atoms with Crippen LogP contribution in [0.4, 0.5) is 0 Å². The first-order chi connectivity index (χ1) is 14.2. The Labute approximate surface area is 179 Å². The highest BCUT2D eigenvalue weighted by atomic mass is 35.5. The number of pyridine rings is 1. The SMILES string of the molecule is CCCC(NC(=O)c1cnn(-c2ccc(Cl)cc2)c1C)c1ccc(S(=O)(=O)O)nc1. The average Bonchev–Trinajstić information content (AvgIpc) is 3.09. The molecular weight excluding hydrogens is 428 g/mol. The number of rotatable bonds is 7. The number of hydrogen-bond acceptors (Lipinski definition) is 5. The third kappa shape index (κ3) is 4.86. The molecule has 2 N–H and O–H groups in total. The molecule has 0 aliphatic rings. The van der Waals surface area contributed by atoms with E-state index in [0.29, 0.717) is 28.3 Å². The zero-order valence-electron chi connectivity index (χ0n) is 16.4. The van der Waals surface area contributed by atoms with Crippen molar-refractivity contribution in [3.05, 3.63) is 70.6 Å². The van der Waals surface area contributed by atoms with Gasteiger partial charge < -0.3 is 5.32 Å². The molecule has 2 aromatic heterocycles. The Bertz CT molecular complexity index is 1140. The van der Waals surface area contributed by atoms with Crippen LogP contribution in [0.3, 0.4) is 0 Å². The van der Waals surface area contributed by atoms with Gasteiger partial charge in [-0.25, -0.2) is 9.67 Å². The largest absolute Gasteiger partial charge is 0.345 e. The van der Waals surface area contributed by atoms with E-state index >= 15 is 0 Å². The Balaban J connectivity index is 1.83. The molecule has 3 rings (SSSR count). The van der Waals surface area contributed by atoms with Gasteiger partial charge in [0.15, 0.2) is 5.03 Å². The van der Waals surface area contributed by atoms with Crippen molar-refractivity contribution in [2.45, 2.75) is 37.8 Å². The predicted molar refractivity (Wildman–Crippen MR) is 112 cm³/mol. The van der Waals surface area contributed by atoms with Gasteiger partial charge in [-0.05, 0) is 49.2 Å². The van der Waals surface area contributed by atoms with E-state index in [1.54, 1.807) is 23.7 Å². The van der Waals surface area contributed by atoms with Crippen LogP contribution in [-0.2, 0) is 10.1 Å². The summed E-state index contributed by atoms with van der Waals surface area (Å²) in [5.74, 6) is -0.301. The van der Waals surface area contributed by atoms with Crippen LogP contribution >= 0.6 is 11.6 Å². The first kappa shape index (κ1) is 21.9. The van der Waals surface area contributed by atoms with Crippen LogP contribution in [0.2, 0.25) is 5.02 Å². The summed E-state index contributed by atoms with van der Waals surface area (Å²) in [7, 11) is -4.37. The van der Waals surface area contributed by atoms with E-state index in [1.165, 1.54) is 24.5 Å². The van der Waals surface area contributed by atoms with Crippen LogP contribution in [0.5, 0.6) is 0 Å². The monoisotopic (exact) mass is 448 g/mol. The minimum atomic E-state index is -4.37. The highest BCUT2D eigenvalue weighted by molar-refractivity contribution is 7.85. The van der Waals surface area contributed by atoms with Gasteiger partial charge in [-0.2, -0.15) is 13.5 Å². The predicted octanol–water partition coefficient (Wildman–Crippen LogP) is 3.75. The summed E-state index contributed by atoms with van der Waals surface area (Å²) < 4.78 is 33.1. The van der Waals surface area contributed by atoms with Crippen molar-refractivity contribution in [1.29, 1.82) is 0 Å². The van der Waals surface area contributed by atoms with Gasteiger partial charge >= 0.3 is 10.1 Å². The van der Waals surface area contributed by atoms with E-state index in [0.717, 1.165) is 12.1 Å². The zero-order chi connectivity index (χ0) is 21.9. The molecular formula is C20H21ClN4O4S. The number of amides is 1. The quantitative estimate of drug-likeness (QED) is 0.532. The third-order valence-corrected chi connectivity index (χ3v) is 5.66. The van der Waals surface area contributed by atoms with Crippen LogP contribution in [0, 0.1) is 6.92 Å². The molecule has 1 amide bonds. The molecule has 2 heterocycles. The lowest BCUT2D eigenvalue weighted by Gasteiger charge is -2.18. The fourth-order valence-electron chi connectivity index (χ4n) is 3.07. The topological polar surface area (TPSA) is 114 Å². The fraction of sp³-hybridized carbons (Fsp3) is 0.250. The number of nitrogens with one attached hydrogen (secondary N) is 1. The summed E-state index contributed by atoms with van der Waals surface area (Å²) in [6.45, 7) is 3.77. The molecule has 0 spiro atoms. The fourth-order valence-corrected chi connectivity index (χ4v) is 3.62. The Hall–Kier alpha value is -2.75. The van der Waals surface area contributed by atoms with Crippen molar-refractivity contribution in [3.63, 3.8) is 0 Å². The van der Waals surface area contributed by atoms with Gasteiger partial charge in [0.25, 0.3) is 5.91 Å². The average molecular weight is 449 g/mol. The summed E-state index contributed by atoms with van der Waals surface area (Å²) in [5.41, 5.74) is 2.52. The van der Waals surface area contributed by atoms with Crippen molar-refractivity contribution >= 4 is 27.6 Å². The molecule has 30 heavy (non-hydrogen) atoms. The molecule has 0 aliphatic carbocycles. The van der Waals surface area contributed by atoms with Crippen LogP contribution in [0.25, 0.3) is 5.69 Å². The molecule has 8 nitrogen and oxygen atoms in total.